The number of hydrogen-bond donors (Lipinski definition) is 0. The molecule has 0 fully saturated rings. The van der Waals surface area contributed by atoms with Gasteiger partial charge in [-0.1, -0.05) is 44.2 Å². The Bertz CT molecular complexity index is 751. The Morgan fingerprint density at radius 3 is 2.57 bits per heavy atom. The topological polar surface area (TPSA) is 50.1 Å². The number of ketones is 1. The third-order valence-corrected chi connectivity index (χ3v) is 3.35. The van der Waals surface area contributed by atoms with Crippen LogP contribution in [-0.4, -0.2) is 12.9 Å². The van der Waals surface area contributed by atoms with Gasteiger partial charge in [-0.15, -0.1) is 0 Å². The number of Topliss-reactive ketones (excluding diaryl/α,β-unsaturated/α-hetero) is 1. The van der Waals surface area contributed by atoms with E-state index in [0.29, 0.717) is 5.75 Å². The molecule has 2 rings (SSSR count). The Kier molecular flexibility index (Phi) is 4.39. The van der Waals surface area contributed by atoms with Gasteiger partial charge < -0.3 is 4.74 Å². The molecule has 0 bridgehead atoms. The standard InChI is InChI=1S/C18H17NO2/c1-12(2)18(20)14(11-19)10-16-15-7-5-4-6-13(15)8-9-17(16)21-3/h4-10,12H,1-3H3/b14-10-. The van der Waals surface area contributed by atoms with E-state index in [-0.39, 0.29) is 17.3 Å². The van der Waals surface area contributed by atoms with Gasteiger partial charge in [0, 0.05) is 11.5 Å². The molecule has 0 radical (unpaired) electrons. The van der Waals surface area contributed by atoms with Crippen LogP contribution in [0.15, 0.2) is 42.0 Å². The monoisotopic (exact) mass is 279 g/mol. The minimum absolute atomic E-state index is 0.152. The molecule has 0 spiro atoms. The van der Waals surface area contributed by atoms with Gasteiger partial charge >= 0.3 is 0 Å². The second kappa shape index (κ2) is 6.23. The van der Waals surface area contributed by atoms with Gasteiger partial charge in [-0.2, -0.15) is 5.26 Å². The van der Waals surface area contributed by atoms with Crippen LogP contribution in [0.2, 0.25) is 0 Å². The summed E-state index contributed by atoms with van der Waals surface area (Å²) in [6.45, 7) is 3.57. The molecule has 3 heteroatoms. The molecule has 0 aliphatic carbocycles. The van der Waals surface area contributed by atoms with Crippen molar-refractivity contribution in [3.8, 4) is 11.8 Å². The number of benzene rings is 2. The molecule has 0 aromatic heterocycles. The molecule has 0 N–H and O–H groups in total. The fourth-order valence-corrected chi connectivity index (χ4v) is 2.22. The fourth-order valence-electron chi connectivity index (χ4n) is 2.22. The minimum Gasteiger partial charge on any atom is -0.496 e. The number of ether oxygens (including phenoxy) is 1. The number of nitriles is 1. The second-order valence-electron chi connectivity index (χ2n) is 5.09. The molecule has 0 atom stereocenters. The van der Waals surface area contributed by atoms with E-state index in [9.17, 15) is 10.1 Å². The van der Waals surface area contributed by atoms with E-state index < -0.39 is 0 Å². The highest BCUT2D eigenvalue weighted by Gasteiger charge is 2.15. The van der Waals surface area contributed by atoms with E-state index in [1.165, 1.54) is 0 Å². The van der Waals surface area contributed by atoms with Crippen molar-refractivity contribution in [3.63, 3.8) is 0 Å². The number of nitrogens with zero attached hydrogens (tertiary/aromatic N) is 1. The lowest BCUT2D eigenvalue weighted by atomic mass is 9.97. The molecule has 0 saturated heterocycles. The van der Waals surface area contributed by atoms with Crippen LogP contribution in [0.25, 0.3) is 16.8 Å². The first-order valence-electron chi connectivity index (χ1n) is 6.80. The van der Waals surface area contributed by atoms with Crippen LogP contribution < -0.4 is 4.74 Å². The van der Waals surface area contributed by atoms with Crippen molar-refractivity contribution in [2.45, 2.75) is 13.8 Å². The Balaban J connectivity index is 2.70. The Hall–Kier alpha value is -2.60. The molecule has 0 aliphatic heterocycles. The summed E-state index contributed by atoms with van der Waals surface area (Å²) in [6.07, 6.45) is 1.63. The summed E-state index contributed by atoms with van der Waals surface area (Å²) in [5.41, 5.74) is 0.917. The maximum absolute atomic E-state index is 12.1. The summed E-state index contributed by atoms with van der Waals surface area (Å²) in [7, 11) is 1.58. The Morgan fingerprint density at radius 1 is 1.24 bits per heavy atom. The summed E-state index contributed by atoms with van der Waals surface area (Å²) >= 11 is 0. The van der Waals surface area contributed by atoms with Crippen molar-refractivity contribution >= 4 is 22.6 Å². The van der Waals surface area contributed by atoms with Crippen LogP contribution in [0.1, 0.15) is 19.4 Å². The van der Waals surface area contributed by atoms with Crippen LogP contribution >= 0.6 is 0 Å². The third kappa shape index (κ3) is 2.95. The van der Waals surface area contributed by atoms with Crippen LogP contribution in [0.4, 0.5) is 0 Å². The zero-order valence-electron chi connectivity index (χ0n) is 12.4. The number of fused-ring (bicyclic) bond motifs is 1. The highest BCUT2D eigenvalue weighted by atomic mass is 16.5. The zero-order chi connectivity index (χ0) is 15.4. The van der Waals surface area contributed by atoms with Gasteiger partial charge in [0.2, 0.25) is 0 Å². The molecule has 0 heterocycles. The Morgan fingerprint density at radius 2 is 1.95 bits per heavy atom. The maximum atomic E-state index is 12.1. The van der Waals surface area contributed by atoms with Gasteiger partial charge in [0.25, 0.3) is 0 Å². The van der Waals surface area contributed by atoms with E-state index in [1.807, 2.05) is 42.5 Å². The van der Waals surface area contributed by atoms with E-state index >= 15 is 0 Å². The van der Waals surface area contributed by atoms with Gasteiger partial charge in [0.1, 0.15) is 11.8 Å². The number of carbonyl (C=O) groups is 1. The summed E-state index contributed by atoms with van der Waals surface area (Å²) in [5, 5.41) is 11.3. The van der Waals surface area contributed by atoms with E-state index in [2.05, 4.69) is 0 Å². The highest BCUT2D eigenvalue weighted by molar-refractivity contribution is 6.06. The quantitative estimate of drug-likeness (QED) is 0.628. The van der Waals surface area contributed by atoms with Crippen LogP contribution in [0, 0.1) is 17.2 Å². The summed E-state index contributed by atoms with van der Waals surface area (Å²) in [4.78, 5) is 12.1. The van der Waals surface area contributed by atoms with Crippen molar-refractivity contribution in [3.05, 3.63) is 47.5 Å². The molecular formula is C18H17NO2. The van der Waals surface area contributed by atoms with Gasteiger partial charge in [0.05, 0.1) is 12.7 Å². The normalized spacial score (nSPS) is 11.5. The minimum atomic E-state index is -0.211. The lowest BCUT2D eigenvalue weighted by Crippen LogP contribution is -2.09. The van der Waals surface area contributed by atoms with Crippen molar-refractivity contribution in [1.82, 2.24) is 0 Å². The molecular weight excluding hydrogens is 262 g/mol. The van der Waals surface area contributed by atoms with Gasteiger partial charge in [-0.25, -0.2) is 0 Å². The average molecular weight is 279 g/mol. The van der Waals surface area contributed by atoms with Gasteiger partial charge in [-0.05, 0) is 22.9 Å². The fraction of sp³-hybridized carbons (Fsp3) is 0.222. The largest absolute Gasteiger partial charge is 0.496 e. The third-order valence-electron chi connectivity index (χ3n) is 3.35. The predicted octanol–water partition coefficient (Wildman–Crippen LogP) is 3.98. The molecule has 2 aromatic carbocycles. The van der Waals surface area contributed by atoms with E-state index in [0.717, 1.165) is 16.3 Å². The molecule has 21 heavy (non-hydrogen) atoms. The van der Waals surface area contributed by atoms with Crippen molar-refractivity contribution < 1.29 is 9.53 Å². The maximum Gasteiger partial charge on any atom is 0.175 e. The second-order valence-corrected chi connectivity index (χ2v) is 5.09. The van der Waals surface area contributed by atoms with Gasteiger partial charge in [-0.3, -0.25) is 4.79 Å². The average Bonchev–Trinajstić information content (AvgIpc) is 2.51. The lowest BCUT2D eigenvalue weighted by Gasteiger charge is -2.10. The molecule has 2 aromatic rings. The number of allylic oxidation sites excluding steroid dienone is 1. The van der Waals surface area contributed by atoms with Crippen LogP contribution in [0.3, 0.4) is 0 Å². The molecule has 3 nitrogen and oxygen atoms in total. The van der Waals surface area contributed by atoms with Crippen LogP contribution in [0.5, 0.6) is 5.75 Å². The number of carbonyl (C=O) groups excluding carboxylic acids is 1. The first kappa shape index (κ1) is 14.8. The smallest absolute Gasteiger partial charge is 0.175 e. The summed E-state index contributed by atoms with van der Waals surface area (Å²) in [6, 6.07) is 13.6. The van der Waals surface area contributed by atoms with E-state index in [4.69, 9.17) is 4.74 Å². The number of methoxy groups -OCH3 is 1. The zero-order valence-corrected chi connectivity index (χ0v) is 12.4. The molecule has 0 aliphatic rings. The summed E-state index contributed by atoms with van der Waals surface area (Å²) in [5.74, 6) is 0.280. The van der Waals surface area contributed by atoms with Crippen molar-refractivity contribution in [2.75, 3.05) is 7.11 Å². The molecule has 0 saturated carbocycles. The first-order chi connectivity index (χ1) is 10.1. The predicted molar refractivity (Wildman–Crippen MR) is 83.9 cm³/mol. The van der Waals surface area contributed by atoms with E-state index in [1.54, 1.807) is 27.0 Å². The van der Waals surface area contributed by atoms with Crippen LogP contribution in [-0.2, 0) is 4.79 Å². The van der Waals surface area contributed by atoms with Crippen molar-refractivity contribution in [1.29, 1.82) is 5.26 Å². The molecule has 0 unspecified atom stereocenters. The Labute approximate surface area is 124 Å². The lowest BCUT2D eigenvalue weighted by molar-refractivity contribution is -0.117. The number of rotatable bonds is 4. The highest BCUT2D eigenvalue weighted by Crippen LogP contribution is 2.30. The molecule has 0 amide bonds. The number of hydrogen-bond acceptors (Lipinski definition) is 3. The SMILES string of the molecule is COc1ccc2ccccc2c1/C=C(/C#N)C(=O)C(C)C. The molecule has 106 valence electrons. The van der Waals surface area contributed by atoms with Gasteiger partial charge in [0.15, 0.2) is 5.78 Å². The van der Waals surface area contributed by atoms with Crippen molar-refractivity contribution in [2.24, 2.45) is 5.92 Å². The first-order valence-corrected chi connectivity index (χ1v) is 6.80. The summed E-state index contributed by atoms with van der Waals surface area (Å²) < 4.78 is 5.37.